The lowest BCUT2D eigenvalue weighted by atomic mass is 10.1. The Kier molecular flexibility index (Phi) is 6.79. The lowest BCUT2D eigenvalue weighted by Crippen LogP contribution is -2.04. The fraction of sp³-hybridized carbons (Fsp3) is 0.190. The Morgan fingerprint density at radius 1 is 1.13 bits per heavy atom. The van der Waals surface area contributed by atoms with Gasteiger partial charge in [-0.05, 0) is 42.3 Å². The summed E-state index contributed by atoms with van der Waals surface area (Å²) in [6.07, 6.45) is 0. The number of nitrogens with zero attached hydrogens (tertiary/aromatic N) is 2. The number of thioether (sulfide) groups is 1. The second-order valence-corrected chi connectivity index (χ2v) is 9.64. The molecule has 0 unspecified atom stereocenters. The smallest absolute Gasteiger partial charge is 0.348 e. The first-order chi connectivity index (χ1) is 15.0. The van der Waals surface area contributed by atoms with Gasteiger partial charge in [-0.15, -0.1) is 21.5 Å². The maximum absolute atomic E-state index is 14.5. The summed E-state index contributed by atoms with van der Waals surface area (Å²) in [7, 11) is 0. The van der Waals surface area contributed by atoms with Gasteiger partial charge in [0.1, 0.15) is 16.5 Å². The Labute approximate surface area is 189 Å². The number of carbonyl (C=O) groups is 1. The predicted octanol–water partition coefficient (Wildman–Crippen LogP) is 6.11. The van der Waals surface area contributed by atoms with Crippen molar-refractivity contribution in [2.75, 3.05) is 11.9 Å². The van der Waals surface area contributed by atoms with E-state index in [1.54, 1.807) is 31.2 Å². The van der Waals surface area contributed by atoms with E-state index < -0.39 is 5.97 Å². The Hall–Kier alpha value is -2.56. The molecule has 160 valence electrons. The molecule has 0 saturated carbocycles. The zero-order chi connectivity index (χ0) is 21.8. The summed E-state index contributed by atoms with van der Waals surface area (Å²) in [5, 5.41) is 12.5. The van der Waals surface area contributed by atoms with Gasteiger partial charge in [-0.1, -0.05) is 41.3 Å². The van der Waals surface area contributed by atoms with E-state index in [4.69, 9.17) is 4.74 Å². The molecular weight excluding hydrogens is 460 g/mol. The molecule has 0 aliphatic carbocycles. The summed E-state index contributed by atoms with van der Waals surface area (Å²) >= 11 is 3.98. The standard InChI is InChI=1S/C21H17F2N3O2S3/c1-2-28-19(27)18-14(17-15(23)4-3-5-16(17)30-18)11-29-21-26-25-20(31-21)24-10-12-6-8-13(22)9-7-12/h3-9H,2,10-11H2,1H3,(H,24,25). The third-order valence-electron chi connectivity index (χ3n) is 4.33. The molecule has 0 aliphatic rings. The van der Waals surface area contributed by atoms with Crippen LogP contribution in [0.4, 0.5) is 13.9 Å². The fourth-order valence-corrected chi connectivity index (χ4v) is 5.92. The highest BCUT2D eigenvalue weighted by atomic mass is 32.2. The monoisotopic (exact) mass is 477 g/mol. The Morgan fingerprint density at radius 3 is 2.71 bits per heavy atom. The van der Waals surface area contributed by atoms with Crippen LogP contribution < -0.4 is 5.32 Å². The van der Waals surface area contributed by atoms with E-state index in [0.717, 1.165) is 5.56 Å². The molecule has 0 fully saturated rings. The van der Waals surface area contributed by atoms with E-state index in [2.05, 4.69) is 15.5 Å². The van der Waals surface area contributed by atoms with Gasteiger partial charge in [0.2, 0.25) is 5.13 Å². The van der Waals surface area contributed by atoms with Crippen molar-refractivity contribution in [2.45, 2.75) is 23.6 Å². The Balaban J connectivity index is 1.48. The van der Waals surface area contributed by atoms with Crippen molar-refractivity contribution in [3.05, 3.63) is 70.1 Å². The van der Waals surface area contributed by atoms with Crippen LogP contribution in [0.2, 0.25) is 0 Å². The maximum atomic E-state index is 14.5. The molecule has 0 aliphatic heterocycles. The summed E-state index contributed by atoms with van der Waals surface area (Å²) in [6, 6.07) is 11.0. The molecule has 5 nitrogen and oxygen atoms in total. The summed E-state index contributed by atoms with van der Waals surface area (Å²) in [5.74, 6) is -0.726. The molecular formula is C21H17F2N3O2S3. The quantitative estimate of drug-likeness (QED) is 0.244. The van der Waals surface area contributed by atoms with E-state index in [1.165, 1.54) is 52.6 Å². The van der Waals surface area contributed by atoms with Crippen LogP contribution in [0, 0.1) is 11.6 Å². The molecule has 2 heterocycles. The molecule has 31 heavy (non-hydrogen) atoms. The number of nitrogens with one attached hydrogen (secondary N) is 1. The highest BCUT2D eigenvalue weighted by Gasteiger charge is 2.22. The summed E-state index contributed by atoms with van der Waals surface area (Å²) in [6.45, 7) is 2.48. The molecule has 0 amide bonds. The maximum Gasteiger partial charge on any atom is 0.348 e. The molecule has 4 rings (SSSR count). The second-order valence-electron chi connectivity index (χ2n) is 6.38. The van der Waals surface area contributed by atoms with Crippen molar-refractivity contribution >= 4 is 55.6 Å². The van der Waals surface area contributed by atoms with Gasteiger partial charge in [-0.25, -0.2) is 13.6 Å². The topological polar surface area (TPSA) is 64.1 Å². The van der Waals surface area contributed by atoms with Crippen LogP contribution in [-0.2, 0) is 17.0 Å². The van der Waals surface area contributed by atoms with Crippen molar-refractivity contribution in [1.82, 2.24) is 10.2 Å². The third kappa shape index (κ3) is 5.03. The van der Waals surface area contributed by atoms with E-state index >= 15 is 0 Å². The third-order valence-corrected chi connectivity index (χ3v) is 7.55. The number of carbonyl (C=O) groups excluding carboxylic acids is 1. The minimum Gasteiger partial charge on any atom is -0.462 e. The molecule has 1 N–H and O–H groups in total. The molecule has 4 aromatic rings. The van der Waals surface area contributed by atoms with Crippen LogP contribution in [0.3, 0.4) is 0 Å². The number of halogens is 2. The second kappa shape index (κ2) is 9.71. The molecule has 10 heteroatoms. The van der Waals surface area contributed by atoms with Gasteiger partial charge in [0, 0.05) is 22.4 Å². The number of thiophene rings is 1. The summed E-state index contributed by atoms with van der Waals surface area (Å²) < 4.78 is 34.1. The number of aromatic nitrogens is 2. The van der Waals surface area contributed by atoms with Gasteiger partial charge < -0.3 is 10.1 Å². The Bertz CT molecular complexity index is 1210. The number of ether oxygens (including phenoxy) is 1. The number of anilines is 1. The number of benzene rings is 2. The number of esters is 1. The van der Waals surface area contributed by atoms with Crippen molar-refractivity contribution < 1.29 is 18.3 Å². The van der Waals surface area contributed by atoms with Gasteiger partial charge in [-0.2, -0.15) is 0 Å². The predicted molar refractivity (Wildman–Crippen MR) is 121 cm³/mol. The fourth-order valence-electron chi connectivity index (χ4n) is 2.92. The number of hydrogen-bond acceptors (Lipinski definition) is 8. The van der Waals surface area contributed by atoms with Crippen molar-refractivity contribution in [3.63, 3.8) is 0 Å². The van der Waals surface area contributed by atoms with Gasteiger partial charge >= 0.3 is 5.97 Å². The molecule has 2 aromatic carbocycles. The molecule has 0 atom stereocenters. The van der Waals surface area contributed by atoms with Crippen LogP contribution in [0.15, 0.2) is 46.8 Å². The molecule has 0 bridgehead atoms. The first-order valence-electron chi connectivity index (χ1n) is 9.36. The van der Waals surface area contributed by atoms with Crippen molar-refractivity contribution in [1.29, 1.82) is 0 Å². The van der Waals surface area contributed by atoms with Crippen LogP contribution in [-0.4, -0.2) is 22.8 Å². The van der Waals surface area contributed by atoms with E-state index in [9.17, 15) is 13.6 Å². The van der Waals surface area contributed by atoms with E-state index in [0.29, 0.717) is 42.3 Å². The number of rotatable bonds is 8. The van der Waals surface area contributed by atoms with E-state index in [1.807, 2.05) is 0 Å². The number of hydrogen-bond donors (Lipinski definition) is 1. The molecule has 0 spiro atoms. The van der Waals surface area contributed by atoms with Gasteiger partial charge in [0.05, 0.1) is 6.61 Å². The van der Waals surface area contributed by atoms with Crippen molar-refractivity contribution in [2.24, 2.45) is 0 Å². The van der Waals surface area contributed by atoms with Gasteiger partial charge in [-0.3, -0.25) is 0 Å². The van der Waals surface area contributed by atoms with Crippen molar-refractivity contribution in [3.8, 4) is 0 Å². The summed E-state index contributed by atoms with van der Waals surface area (Å²) in [4.78, 5) is 12.8. The lowest BCUT2D eigenvalue weighted by molar-refractivity contribution is 0.0531. The minimum atomic E-state index is -0.447. The molecule has 2 aromatic heterocycles. The molecule has 0 saturated heterocycles. The zero-order valence-corrected chi connectivity index (χ0v) is 18.8. The lowest BCUT2D eigenvalue weighted by Gasteiger charge is -2.04. The van der Waals surface area contributed by atoms with E-state index in [-0.39, 0.29) is 18.2 Å². The minimum absolute atomic E-state index is 0.252. The largest absolute Gasteiger partial charge is 0.462 e. The first kappa shape index (κ1) is 21.7. The normalized spacial score (nSPS) is 11.1. The van der Waals surface area contributed by atoms with Crippen LogP contribution in [0.5, 0.6) is 0 Å². The Morgan fingerprint density at radius 2 is 1.94 bits per heavy atom. The SMILES string of the molecule is CCOC(=O)c1sc2cccc(F)c2c1CSc1nnc(NCc2ccc(F)cc2)s1. The number of fused-ring (bicyclic) bond motifs is 1. The molecule has 0 radical (unpaired) electrons. The van der Waals surface area contributed by atoms with Gasteiger partial charge in [0.15, 0.2) is 4.34 Å². The van der Waals surface area contributed by atoms with Crippen LogP contribution in [0.1, 0.15) is 27.7 Å². The highest BCUT2D eigenvalue weighted by molar-refractivity contribution is 8.00. The van der Waals surface area contributed by atoms with Crippen LogP contribution >= 0.6 is 34.4 Å². The average molecular weight is 478 g/mol. The average Bonchev–Trinajstić information content (AvgIpc) is 3.37. The van der Waals surface area contributed by atoms with Gasteiger partial charge in [0.25, 0.3) is 0 Å². The summed E-state index contributed by atoms with van der Waals surface area (Å²) in [5.41, 5.74) is 1.53. The highest BCUT2D eigenvalue weighted by Crippen LogP contribution is 2.38. The van der Waals surface area contributed by atoms with Crippen LogP contribution in [0.25, 0.3) is 10.1 Å². The first-order valence-corrected chi connectivity index (χ1v) is 12.0. The zero-order valence-electron chi connectivity index (χ0n) is 16.4.